The van der Waals surface area contributed by atoms with E-state index in [2.05, 4.69) is 46.8 Å². The molecule has 0 aliphatic carbocycles. The van der Waals surface area contributed by atoms with E-state index >= 15 is 0 Å². The second-order valence-corrected chi connectivity index (χ2v) is 8.55. The maximum absolute atomic E-state index is 10.9. The van der Waals surface area contributed by atoms with Gasteiger partial charge in [0.1, 0.15) is 0 Å². The number of nitrogens with one attached hydrogen (secondary N) is 1. The summed E-state index contributed by atoms with van der Waals surface area (Å²) in [5.41, 5.74) is 1.80. The van der Waals surface area contributed by atoms with Gasteiger partial charge in [-0.05, 0) is 38.4 Å². The van der Waals surface area contributed by atoms with Crippen LogP contribution in [0.4, 0.5) is 0 Å². The van der Waals surface area contributed by atoms with E-state index in [1.54, 1.807) is 0 Å². The average molecular weight is 320 g/mol. The van der Waals surface area contributed by atoms with Crippen LogP contribution in [0.15, 0.2) is 6.07 Å². The monoisotopic (exact) mass is 320 g/mol. The molecule has 1 unspecified atom stereocenters. The average Bonchev–Trinajstić information content (AvgIpc) is 3.07. The van der Waals surface area contributed by atoms with Crippen molar-refractivity contribution in [1.82, 2.24) is 20.0 Å². The molecule has 1 aromatic heterocycles. The summed E-state index contributed by atoms with van der Waals surface area (Å²) in [4.78, 5) is 4.80. The van der Waals surface area contributed by atoms with Crippen LogP contribution in [-0.4, -0.2) is 63.4 Å². The van der Waals surface area contributed by atoms with Gasteiger partial charge in [0, 0.05) is 37.3 Å². The maximum Gasteiger partial charge on any atom is 0.0912 e. The third kappa shape index (κ3) is 4.34. The van der Waals surface area contributed by atoms with Crippen molar-refractivity contribution in [3.8, 4) is 0 Å². The van der Waals surface area contributed by atoms with Gasteiger partial charge in [-0.1, -0.05) is 27.2 Å². The zero-order valence-electron chi connectivity index (χ0n) is 14.9. The molecule has 3 heterocycles. The fourth-order valence-corrected chi connectivity index (χ4v) is 3.81. The van der Waals surface area contributed by atoms with Gasteiger partial charge in [0.25, 0.3) is 0 Å². The molecule has 1 atom stereocenters. The Bertz CT molecular complexity index is 515. The fraction of sp³-hybridized carbons (Fsp3) is 0.833. The van der Waals surface area contributed by atoms with Gasteiger partial charge in [-0.15, -0.1) is 0 Å². The van der Waals surface area contributed by atoms with Crippen LogP contribution in [0.1, 0.15) is 57.8 Å². The lowest BCUT2D eigenvalue weighted by Gasteiger charge is -2.33. The van der Waals surface area contributed by atoms with Gasteiger partial charge in [0.05, 0.1) is 11.3 Å². The minimum atomic E-state index is -0.537. The van der Waals surface area contributed by atoms with Crippen molar-refractivity contribution in [1.29, 1.82) is 0 Å². The van der Waals surface area contributed by atoms with Gasteiger partial charge in [-0.2, -0.15) is 5.10 Å². The van der Waals surface area contributed by atoms with Crippen LogP contribution >= 0.6 is 0 Å². The van der Waals surface area contributed by atoms with E-state index in [9.17, 15) is 5.11 Å². The number of hydrogen-bond acceptors (Lipinski definition) is 4. The summed E-state index contributed by atoms with van der Waals surface area (Å²) in [5, 5.41) is 18.5. The van der Waals surface area contributed by atoms with Crippen molar-refractivity contribution in [3.05, 3.63) is 17.5 Å². The minimum Gasteiger partial charge on any atom is -0.387 e. The molecule has 0 spiro atoms. The van der Waals surface area contributed by atoms with Crippen LogP contribution in [0, 0.1) is 0 Å². The highest BCUT2D eigenvalue weighted by Gasteiger charge is 2.37. The van der Waals surface area contributed by atoms with Crippen LogP contribution in [0.3, 0.4) is 0 Å². The highest BCUT2D eigenvalue weighted by Crippen LogP contribution is 2.26. The van der Waals surface area contributed by atoms with Gasteiger partial charge >= 0.3 is 0 Å². The molecule has 2 saturated heterocycles. The topological polar surface area (TPSA) is 55.4 Å². The molecule has 23 heavy (non-hydrogen) atoms. The Kier molecular flexibility index (Phi) is 4.81. The van der Waals surface area contributed by atoms with Crippen molar-refractivity contribution in [3.63, 3.8) is 0 Å². The van der Waals surface area contributed by atoms with Gasteiger partial charge in [-0.25, -0.2) is 0 Å². The number of hydrogen-bond donors (Lipinski definition) is 2. The molecule has 0 aromatic carbocycles. The zero-order valence-corrected chi connectivity index (χ0v) is 14.9. The predicted octanol–water partition coefficient (Wildman–Crippen LogP) is 2.13. The molecule has 0 radical (unpaired) electrons. The Morgan fingerprint density at radius 1 is 1.17 bits per heavy atom. The lowest BCUT2D eigenvalue weighted by molar-refractivity contribution is 0.00627. The van der Waals surface area contributed by atoms with Crippen molar-refractivity contribution in [2.75, 3.05) is 32.7 Å². The lowest BCUT2D eigenvalue weighted by Crippen LogP contribution is -2.46. The van der Waals surface area contributed by atoms with Gasteiger partial charge in [0.15, 0.2) is 0 Å². The SMILES string of the molecule is CC(C)(C)c1cc(CN2CCC(O)(CN3CCCCC3)C2)[nH]n1. The fourth-order valence-electron chi connectivity index (χ4n) is 3.81. The summed E-state index contributed by atoms with van der Waals surface area (Å²) in [7, 11) is 0. The Morgan fingerprint density at radius 3 is 2.57 bits per heavy atom. The molecule has 2 fully saturated rings. The largest absolute Gasteiger partial charge is 0.387 e. The molecule has 3 rings (SSSR count). The van der Waals surface area contributed by atoms with E-state index in [0.717, 1.165) is 57.1 Å². The van der Waals surface area contributed by atoms with Gasteiger partial charge in [0.2, 0.25) is 0 Å². The number of piperidine rings is 1. The first kappa shape index (κ1) is 16.9. The van der Waals surface area contributed by atoms with Crippen molar-refractivity contribution in [2.45, 2.75) is 64.0 Å². The molecular formula is C18H32N4O. The summed E-state index contributed by atoms with van der Waals surface area (Å²) >= 11 is 0. The van der Waals surface area contributed by atoms with Crippen molar-refractivity contribution in [2.24, 2.45) is 0 Å². The Labute approximate surface area is 140 Å². The summed E-state index contributed by atoms with van der Waals surface area (Å²) in [6.07, 6.45) is 4.79. The number of aliphatic hydroxyl groups is 1. The Hall–Kier alpha value is -0.910. The van der Waals surface area contributed by atoms with Gasteiger partial charge < -0.3 is 10.0 Å². The normalized spacial score (nSPS) is 27.7. The van der Waals surface area contributed by atoms with E-state index in [0.29, 0.717) is 0 Å². The molecule has 0 saturated carbocycles. The highest BCUT2D eigenvalue weighted by atomic mass is 16.3. The van der Waals surface area contributed by atoms with Crippen molar-refractivity contribution < 1.29 is 5.11 Å². The molecule has 2 aliphatic heterocycles. The number of aromatic nitrogens is 2. The van der Waals surface area contributed by atoms with Crippen molar-refractivity contribution >= 4 is 0 Å². The molecular weight excluding hydrogens is 288 g/mol. The second kappa shape index (κ2) is 6.54. The molecule has 130 valence electrons. The van der Waals surface area contributed by atoms with E-state index in [1.165, 1.54) is 19.3 Å². The highest BCUT2D eigenvalue weighted by molar-refractivity contribution is 5.16. The molecule has 0 bridgehead atoms. The number of H-pyrrole nitrogens is 1. The summed E-state index contributed by atoms with van der Waals surface area (Å²) < 4.78 is 0. The van der Waals surface area contributed by atoms with E-state index in [1.807, 2.05) is 0 Å². The Morgan fingerprint density at radius 2 is 1.91 bits per heavy atom. The molecule has 5 heteroatoms. The molecule has 2 aliphatic rings. The number of rotatable bonds is 4. The summed E-state index contributed by atoms with van der Waals surface area (Å²) in [6, 6.07) is 2.17. The van der Waals surface area contributed by atoms with E-state index in [-0.39, 0.29) is 5.41 Å². The number of β-amino-alcohol motifs (C(OH)–C–C–N with tert-alkyl or cyclic N) is 1. The quantitative estimate of drug-likeness (QED) is 0.892. The number of nitrogens with zero attached hydrogens (tertiary/aromatic N) is 3. The van der Waals surface area contributed by atoms with Crippen LogP contribution in [0.25, 0.3) is 0 Å². The van der Waals surface area contributed by atoms with Gasteiger partial charge in [-0.3, -0.25) is 10.00 Å². The number of aromatic amines is 1. The summed E-state index contributed by atoms with van der Waals surface area (Å²) in [5.74, 6) is 0. The number of likely N-dealkylation sites (tertiary alicyclic amines) is 2. The van der Waals surface area contributed by atoms with E-state index in [4.69, 9.17) is 0 Å². The first-order valence-electron chi connectivity index (χ1n) is 9.06. The maximum atomic E-state index is 10.9. The smallest absolute Gasteiger partial charge is 0.0912 e. The zero-order chi connectivity index (χ0) is 16.5. The predicted molar refractivity (Wildman–Crippen MR) is 92.4 cm³/mol. The standard InChI is InChI=1S/C18H32N4O/c1-17(2,3)16-11-15(19-20-16)12-22-10-7-18(23,14-22)13-21-8-5-4-6-9-21/h11,23H,4-10,12-14H2,1-3H3,(H,19,20). The van der Waals surface area contributed by atoms with Crippen LogP contribution in [0.2, 0.25) is 0 Å². The lowest BCUT2D eigenvalue weighted by atomic mass is 9.92. The summed E-state index contributed by atoms with van der Waals surface area (Å²) in [6.45, 7) is 12.3. The molecule has 1 aromatic rings. The van der Waals surface area contributed by atoms with Crippen LogP contribution in [0.5, 0.6) is 0 Å². The first-order valence-corrected chi connectivity index (χ1v) is 9.06. The van der Waals surface area contributed by atoms with Crippen LogP contribution < -0.4 is 0 Å². The second-order valence-electron chi connectivity index (χ2n) is 8.55. The van der Waals surface area contributed by atoms with Crippen LogP contribution in [-0.2, 0) is 12.0 Å². The first-order chi connectivity index (χ1) is 10.8. The third-order valence-electron chi connectivity index (χ3n) is 5.17. The Balaban J connectivity index is 1.53. The molecule has 5 nitrogen and oxygen atoms in total. The third-order valence-corrected chi connectivity index (χ3v) is 5.17. The van der Waals surface area contributed by atoms with E-state index < -0.39 is 5.60 Å². The molecule has 2 N–H and O–H groups in total. The molecule has 0 amide bonds. The minimum absolute atomic E-state index is 0.0781.